The molecule has 1 nitrogen and oxygen atoms in total. The van der Waals surface area contributed by atoms with Crippen LogP contribution in [-0.2, 0) is 6.42 Å². The van der Waals surface area contributed by atoms with E-state index >= 15 is 0 Å². The minimum absolute atomic E-state index is 0.430. The smallest absolute Gasteiger partial charge is 0.0695 e. The third kappa shape index (κ3) is 3.30. The van der Waals surface area contributed by atoms with Crippen molar-refractivity contribution in [1.82, 2.24) is 0 Å². The molecule has 0 radical (unpaired) electrons. The van der Waals surface area contributed by atoms with Crippen LogP contribution in [0.1, 0.15) is 43.4 Å². The molecule has 1 aliphatic carbocycles. The molecule has 0 atom stereocenters. The van der Waals surface area contributed by atoms with Gasteiger partial charge in [0, 0.05) is 21.2 Å². The quantitative estimate of drug-likeness (QED) is 0.811. The van der Waals surface area contributed by atoms with Gasteiger partial charge < -0.3 is 5.11 Å². The Morgan fingerprint density at radius 2 is 1.93 bits per heavy atom. The van der Waals surface area contributed by atoms with Gasteiger partial charge in [0.25, 0.3) is 0 Å². The van der Waals surface area contributed by atoms with Crippen LogP contribution in [0.15, 0.2) is 15.9 Å². The molecule has 1 fully saturated rings. The average Bonchev–Trinajstić information content (AvgIpc) is 2.46. The minimum atomic E-state index is -0.430. The topological polar surface area (TPSA) is 20.2 Å². The molecule has 0 amide bonds. The third-order valence-corrected chi connectivity index (χ3v) is 4.86. The third-order valence-electron chi connectivity index (χ3n) is 3.16. The second-order valence-electron chi connectivity index (χ2n) is 4.55. The lowest BCUT2D eigenvalue weighted by atomic mass is 9.90. The number of hydrogen-bond donors (Lipinski definition) is 1. The first-order valence-corrected chi connectivity index (χ1v) is 7.31. The highest BCUT2D eigenvalue weighted by Crippen LogP contribution is 2.32. The van der Waals surface area contributed by atoms with Gasteiger partial charge in [-0.1, -0.05) is 25.7 Å². The summed E-state index contributed by atoms with van der Waals surface area (Å²) in [5, 5.41) is 12.6. The van der Waals surface area contributed by atoms with Crippen LogP contribution in [0.2, 0.25) is 0 Å². The van der Waals surface area contributed by atoms with Gasteiger partial charge in [0.1, 0.15) is 0 Å². The summed E-state index contributed by atoms with van der Waals surface area (Å²) in [6.45, 7) is 0. The summed E-state index contributed by atoms with van der Waals surface area (Å²) in [7, 11) is 0. The van der Waals surface area contributed by atoms with Crippen molar-refractivity contribution in [3.8, 4) is 0 Å². The first-order chi connectivity index (χ1) is 7.18. The van der Waals surface area contributed by atoms with Crippen LogP contribution in [-0.4, -0.2) is 10.7 Å². The van der Waals surface area contributed by atoms with Gasteiger partial charge in [0.2, 0.25) is 0 Å². The Morgan fingerprint density at radius 3 is 2.47 bits per heavy atom. The van der Waals surface area contributed by atoms with Crippen molar-refractivity contribution in [2.45, 2.75) is 50.5 Å². The van der Waals surface area contributed by atoms with Gasteiger partial charge in [0.15, 0.2) is 0 Å². The molecule has 2 rings (SSSR count). The van der Waals surface area contributed by atoms with E-state index in [0.29, 0.717) is 0 Å². The summed E-state index contributed by atoms with van der Waals surface area (Å²) in [6, 6.07) is 2.13. The van der Waals surface area contributed by atoms with Crippen molar-refractivity contribution in [3.05, 3.63) is 20.8 Å². The fraction of sp³-hybridized carbons (Fsp3) is 0.667. The van der Waals surface area contributed by atoms with E-state index in [0.717, 1.165) is 23.7 Å². The molecule has 1 aliphatic rings. The highest BCUT2D eigenvalue weighted by atomic mass is 79.9. The summed E-state index contributed by atoms with van der Waals surface area (Å²) in [4.78, 5) is 1.30. The van der Waals surface area contributed by atoms with Crippen LogP contribution in [0.25, 0.3) is 0 Å². The van der Waals surface area contributed by atoms with Crippen LogP contribution in [0.5, 0.6) is 0 Å². The van der Waals surface area contributed by atoms with E-state index in [4.69, 9.17) is 0 Å². The standard InChI is InChI=1S/C12H17BrOS/c13-10-7-11(15-9-10)8-12(14)5-3-1-2-4-6-12/h7,9,14H,1-6,8H2. The maximum atomic E-state index is 10.5. The Kier molecular flexibility index (Phi) is 3.86. The molecular weight excluding hydrogens is 272 g/mol. The van der Waals surface area contributed by atoms with E-state index in [-0.39, 0.29) is 0 Å². The Labute approximate surface area is 104 Å². The fourth-order valence-corrected chi connectivity index (χ4v) is 3.92. The molecule has 0 spiro atoms. The van der Waals surface area contributed by atoms with Gasteiger partial charge in [-0.05, 0) is 34.8 Å². The predicted molar refractivity (Wildman–Crippen MR) is 68.4 cm³/mol. The molecule has 0 aliphatic heterocycles. The molecule has 1 aromatic rings. The van der Waals surface area contributed by atoms with Crippen molar-refractivity contribution >= 4 is 27.3 Å². The Morgan fingerprint density at radius 1 is 1.27 bits per heavy atom. The van der Waals surface area contributed by atoms with Crippen LogP contribution >= 0.6 is 27.3 Å². The maximum absolute atomic E-state index is 10.5. The zero-order chi connectivity index (χ0) is 10.7. The van der Waals surface area contributed by atoms with Crippen LogP contribution < -0.4 is 0 Å². The molecule has 0 aromatic carbocycles. The number of aliphatic hydroxyl groups is 1. The van der Waals surface area contributed by atoms with Gasteiger partial charge in [-0.2, -0.15) is 0 Å². The van der Waals surface area contributed by atoms with Crippen molar-refractivity contribution < 1.29 is 5.11 Å². The monoisotopic (exact) mass is 288 g/mol. The molecule has 1 aromatic heterocycles. The van der Waals surface area contributed by atoms with Gasteiger partial charge in [-0.3, -0.25) is 0 Å². The summed E-state index contributed by atoms with van der Waals surface area (Å²) in [5.41, 5.74) is -0.430. The lowest BCUT2D eigenvalue weighted by Gasteiger charge is -2.25. The predicted octanol–water partition coefficient (Wildman–Crippen LogP) is 4.14. The van der Waals surface area contributed by atoms with Crippen molar-refractivity contribution in [2.24, 2.45) is 0 Å². The molecule has 3 heteroatoms. The molecule has 1 heterocycles. The average molecular weight is 289 g/mol. The minimum Gasteiger partial charge on any atom is -0.390 e. The summed E-state index contributed by atoms with van der Waals surface area (Å²) in [6.07, 6.45) is 7.73. The molecule has 0 saturated heterocycles. The van der Waals surface area contributed by atoms with Gasteiger partial charge in [-0.15, -0.1) is 11.3 Å². The van der Waals surface area contributed by atoms with E-state index < -0.39 is 5.60 Å². The first kappa shape index (κ1) is 11.6. The first-order valence-electron chi connectivity index (χ1n) is 5.63. The van der Waals surface area contributed by atoms with E-state index in [1.54, 1.807) is 11.3 Å². The summed E-state index contributed by atoms with van der Waals surface area (Å²) >= 11 is 5.20. The SMILES string of the molecule is OC1(Cc2cc(Br)cs2)CCCCCC1. The van der Waals surface area contributed by atoms with Crippen molar-refractivity contribution in [1.29, 1.82) is 0 Å². The van der Waals surface area contributed by atoms with Gasteiger partial charge in [0.05, 0.1) is 5.60 Å². The van der Waals surface area contributed by atoms with E-state index in [2.05, 4.69) is 27.4 Å². The van der Waals surface area contributed by atoms with Crippen LogP contribution in [0, 0.1) is 0 Å². The largest absolute Gasteiger partial charge is 0.390 e. The number of rotatable bonds is 2. The summed E-state index contributed by atoms with van der Waals surface area (Å²) < 4.78 is 1.14. The molecule has 1 saturated carbocycles. The van der Waals surface area contributed by atoms with Gasteiger partial charge in [-0.25, -0.2) is 0 Å². The zero-order valence-electron chi connectivity index (χ0n) is 8.84. The Hall–Kier alpha value is 0.140. The number of halogens is 1. The molecule has 15 heavy (non-hydrogen) atoms. The number of hydrogen-bond acceptors (Lipinski definition) is 2. The zero-order valence-corrected chi connectivity index (χ0v) is 11.2. The van der Waals surface area contributed by atoms with E-state index in [1.807, 2.05) is 0 Å². The molecule has 84 valence electrons. The van der Waals surface area contributed by atoms with Crippen LogP contribution in [0.4, 0.5) is 0 Å². The maximum Gasteiger partial charge on any atom is 0.0695 e. The fourth-order valence-electron chi connectivity index (χ4n) is 2.33. The van der Waals surface area contributed by atoms with Crippen LogP contribution in [0.3, 0.4) is 0 Å². The van der Waals surface area contributed by atoms with Crippen molar-refractivity contribution in [2.75, 3.05) is 0 Å². The lowest BCUT2D eigenvalue weighted by Crippen LogP contribution is -2.30. The highest BCUT2D eigenvalue weighted by Gasteiger charge is 2.28. The molecule has 0 unspecified atom stereocenters. The molecule has 1 N–H and O–H groups in total. The normalized spacial score (nSPS) is 21.2. The second kappa shape index (κ2) is 4.98. The van der Waals surface area contributed by atoms with E-state index in [1.165, 1.54) is 30.6 Å². The second-order valence-corrected chi connectivity index (χ2v) is 6.46. The van der Waals surface area contributed by atoms with Crippen molar-refractivity contribution in [3.63, 3.8) is 0 Å². The van der Waals surface area contributed by atoms with E-state index in [9.17, 15) is 5.11 Å². The summed E-state index contributed by atoms with van der Waals surface area (Å²) in [5.74, 6) is 0. The van der Waals surface area contributed by atoms with Gasteiger partial charge >= 0.3 is 0 Å². The number of thiophene rings is 1. The lowest BCUT2D eigenvalue weighted by molar-refractivity contribution is 0.0260. The highest BCUT2D eigenvalue weighted by molar-refractivity contribution is 9.10. The molecule has 0 bridgehead atoms. The Balaban J connectivity index is 2.02. The Bertz CT molecular complexity index is 313. The molecular formula is C12H17BrOS.